The lowest BCUT2D eigenvalue weighted by molar-refractivity contribution is 0.551. The molecule has 0 saturated heterocycles. The van der Waals surface area contributed by atoms with Gasteiger partial charge in [-0.2, -0.15) is 0 Å². The zero-order valence-electron chi connectivity index (χ0n) is 11.4. The molecule has 0 saturated carbocycles. The van der Waals surface area contributed by atoms with Crippen molar-refractivity contribution in [2.45, 2.75) is 19.4 Å². The molecule has 1 unspecified atom stereocenters. The number of H-pyrrole nitrogens is 1. The fraction of sp³-hybridized carbons (Fsp3) is 0.188. The Morgan fingerprint density at radius 1 is 1.24 bits per heavy atom. The molecule has 0 radical (unpaired) electrons. The topological polar surface area (TPSA) is 20.7 Å². The summed E-state index contributed by atoms with van der Waals surface area (Å²) in [7, 11) is 0. The predicted molar refractivity (Wildman–Crippen MR) is 89.6 cm³/mol. The van der Waals surface area contributed by atoms with Gasteiger partial charge in [-0.25, -0.2) is 4.39 Å². The first-order valence-corrected chi connectivity index (χ1v) is 7.89. The monoisotopic (exact) mass is 364 g/mol. The molecule has 0 aliphatic rings. The van der Waals surface area contributed by atoms with Crippen molar-refractivity contribution < 1.29 is 4.39 Å². The van der Waals surface area contributed by atoms with Crippen molar-refractivity contribution in [3.05, 3.63) is 63.1 Å². The van der Waals surface area contributed by atoms with E-state index in [9.17, 15) is 4.39 Å². The molecule has 0 spiro atoms. The van der Waals surface area contributed by atoms with E-state index in [0.29, 0.717) is 4.77 Å². The Morgan fingerprint density at radius 2 is 1.95 bits per heavy atom. The van der Waals surface area contributed by atoms with Gasteiger partial charge in [-0.05, 0) is 61.5 Å². The van der Waals surface area contributed by atoms with Crippen LogP contribution in [0.15, 0.2) is 46.9 Å². The second-order valence-corrected chi connectivity index (χ2v) is 6.44. The van der Waals surface area contributed by atoms with Gasteiger partial charge >= 0.3 is 0 Å². The minimum absolute atomic E-state index is 0.186. The van der Waals surface area contributed by atoms with Crippen molar-refractivity contribution in [2.24, 2.45) is 0 Å². The second kappa shape index (κ2) is 5.73. The van der Waals surface area contributed by atoms with Crippen LogP contribution < -0.4 is 0 Å². The molecule has 1 aromatic heterocycles. The Kier molecular flexibility index (Phi) is 3.95. The highest BCUT2D eigenvalue weighted by Crippen LogP contribution is 2.24. The minimum atomic E-state index is -0.209. The van der Waals surface area contributed by atoms with Crippen LogP contribution in [-0.2, 0) is 6.42 Å². The van der Waals surface area contributed by atoms with Crippen LogP contribution in [0.3, 0.4) is 0 Å². The van der Waals surface area contributed by atoms with Crippen molar-refractivity contribution in [1.29, 1.82) is 0 Å². The maximum Gasteiger partial charge on any atom is 0.178 e. The quantitative estimate of drug-likeness (QED) is 0.616. The van der Waals surface area contributed by atoms with Gasteiger partial charge in [-0.15, -0.1) is 0 Å². The molecule has 2 nitrogen and oxygen atoms in total. The number of fused-ring (bicyclic) bond motifs is 1. The van der Waals surface area contributed by atoms with Crippen LogP contribution in [0.1, 0.15) is 18.5 Å². The Hall–Kier alpha value is -1.46. The third-order valence-electron chi connectivity index (χ3n) is 3.56. The molecule has 0 aliphatic carbocycles. The zero-order valence-corrected chi connectivity index (χ0v) is 13.8. The number of halogens is 2. The summed E-state index contributed by atoms with van der Waals surface area (Å²) in [5, 5.41) is 0. The number of nitrogens with zero attached hydrogens (tertiary/aromatic N) is 1. The van der Waals surface area contributed by atoms with E-state index in [2.05, 4.69) is 38.5 Å². The summed E-state index contributed by atoms with van der Waals surface area (Å²) in [5.74, 6) is -0.209. The number of hydrogen-bond acceptors (Lipinski definition) is 1. The normalized spacial score (nSPS) is 12.7. The molecule has 2 aromatic carbocycles. The molecular formula is C16H14BrFN2S. The largest absolute Gasteiger partial charge is 0.331 e. The average molecular weight is 365 g/mol. The summed E-state index contributed by atoms with van der Waals surface area (Å²) >= 11 is 8.94. The van der Waals surface area contributed by atoms with Gasteiger partial charge in [0.1, 0.15) is 5.82 Å². The molecule has 1 N–H and O–H groups in total. The highest BCUT2D eigenvalue weighted by molar-refractivity contribution is 9.10. The minimum Gasteiger partial charge on any atom is -0.331 e. The van der Waals surface area contributed by atoms with Crippen molar-refractivity contribution in [3.63, 3.8) is 0 Å². The number of aromatic nitrogens is 2. The van der Waals surface area contributed by atoms with E-state index in [4.69, 9.17) is 12.2 Å². The van der Waals surface area contributed by atoms with E-state index in [0.717, 1.165) is 27.5 Å². The van der Waals surface area contributed by atoms with Crippen LogP contribution >= 0.6 is 28.1 Å². The molecule has 0 fully saturated rings. The second-order valence-electron chi connectivity index (χ2n) is 5.14. The Bertz CT molecular complexity index is 836. The Morgan fingerprint density at radius 3 is 2.67 bits per heavy atom. The maximum atomic E-state index is 13.0. The fourth-order valence-corrected chi connectivity index (χ4v) is 3.32. The van der Waals surface area contributed by atoms with Crippen LogP contribution in [0, 0.1) is 10.6 Å². The molecule has 3 aromatic rings. The highest BCUT2D eigenvalue weighted by Gasteiger charge is 2.12. The van der Waals surface area contributed by atoms with E-state index < -0.39 is 0 Å². The van der Waals surface area contributed by atoms with E-state index in [1.54, 1.807) is 0 Å². The summed E-state index contributed by atoms with van der Waals surface area (Å²) in [6.07, 6.45) is 0.800. The van der Waals surface area contributed by atoms with Crippen LogP contribution in [-0.4, -0.2) is 9.55 Å². The summed E-state index contributed by atoms with van der Waals surface area (Å²) in [6.45, 7) is 2.12. The zero-order chi connectivity index (χ0) is 15.0. The fourth-order valence-electron chi connectivity index (χ4n) is 2.59. The Labute approximate surface area is 135 Å². The third kappa shape index (κ3) is 2.94. The highest BCUT2D eigenvalue weighted by atomic mass is 79.9. The molecule has 0 bridgehead atoms. The van der Waals surface area contributed by atoms with Crippen LogP contribution in [0.4, 0.5) is 4.39 Å². The molecule has 108 valence electrons. The van der Waals surface area contributed by atoms with Gasteiger partial charge < -0.3 is 9.55 Å². The summed E-state index contributed by atoms with van der Waals surface area (Å²) in [4.78, 5) is 3.23. The van der Waals surface area contributed by atoms with Crippen molar-refractivity contribution in [3.8, 4) is 0 Å². The lowest BCUT2D eigenvalue weighted by Gasteiger charge is -2.15. The first-order valence-electron chi connectivity index (χ1n) is 6.69. The van der Waals surface area contributed by atoms with Crippen LogP contribution in [0.5, 0.6) is 0 Å². The Balaban J connectivity index is 1.99. The molecule has 1 atom stereocenters. The lowest BCUT2D eigenvalue weighted by Crippen LogP contribution is -2.08. The number of imidazole rings is 1. The van der Waals surface area contributed by atoms with E-state index >= 15 is 0 Å². The number of rotatable bonds is 3. The van der Waals surface area contributed by atoms with Crippen molar-refractivity contribution in [1.82, 2.24) is 9.55 Å². The first-order chi connectivity index (χ1) is 10.0. The van der Waals surface area contributed by atoms with Crippen LogP contribution in [0.2, 0.25) is 0 Å². The lowest BCUT2D eigenvalue weighted by atomic mass is 10.1. The summed E-state index contributed by atoms with van der Waals surface area (Å²) in [5.41, 5.74) is 3.19. The SMILES string of the molecule is CC(Cc1ccc(F)cc1)n1c(=S)[nH]c2ccc(Br)cc21. The standard InChI is InChI=1S/C16H14BrFN2S/c1-10(8-11-2-5-13(18)6-3-11)20-15-9-12(17)4-7-14(15)19-16(20)21/h2-7,9-10H,8H2,1H3,(H,19,21). The maximum absolute atomic E-state index is 13.0. The molecule has 21 heavy (non-hydrogen) atoms. The molecule has 1 heterocycles. The third-order valence-corrected chi connectivity index (χ3v) is 4.36. The van der Waals surface area contributed by atoms with E-state index in [-0.39, 0.29) is 11.9 Å². The van der Waals surface area contributed by atoms with Gasteiger partial charge in [-0.1, -0.05) is 28.1 Å². The summed E-state index contributed by atoms with van der Waals surface area (Å²) in [6, 6.07) is 12.9. The van der Waals surface area contributed by atoms with Gasteiger partial charge in [0.15, 0.2) is 4.77 Å². The predicted octanol–water partition coefficient (Wildman–Crippen LogP) is 5.40. The smallest absolute Gasteiger partial charge is 0.178 e. The molecule has 3 rings (SSSR count). The van der Waals surface area contributed by atoms with Gasteiger partial charge in [0, 0.05) is 10.5 Å². The first kappa shape index (κ1) is 14.5. The molecular weight excluding hydrogens is 351 g/mol. The molecule has 0 amide bonds. The molecule has 0 aliphatic heterocycles. The number of nitrogens with one attached hydrogen (secondary N) is 1. The van der Waals surface area contributed by atoms with Gasteiger partial charge in [0.2, 0.25) is 0 Å². The summed E-state index contributed by atoms with van der Waals surface area (Å²) < 4.78 is 16.8. The molecule has 5 heteroatoms. The number of benzene rings is 2. The number of hydrogen-bond donors (Lipinski definition) is 1. The van der Waals surface area contributed by atoms with Gasteiger partial charge in [0.05, 0.1) is 11.0 Å². The van der Waals surface area contributed by atoms with Gasteiger partial charge in [-0.3, -0.25) is 0 Å². The van der Waals surface area contributed by atoms with Crippen LogP contribution in [0.25, 0.3) is 11.0 Å². The average Bonchev–Trinajstić information content (AvgIpc) is 2.76. The van der Waals surface area contributed by atoms with E-state index in [1.165, 1.54) is 12.1 Å². The number of aromatic amines is 1. The van der Waals surface area contributed by atoms with E-state index in [1.807, 2.05) is 24.3 Å². The van der Waals surface area contributed by atoms with Gasteiger partial charge in [0.25, 0.3) is 0 Å². The van der Waals surface area contributed by atoms with Crippen molar-refractivity contribution in [2.75, 3.05) is 0 Å². The van der Waals surface area contributed by atoms with Crippen molar-refractivity contribution >= 4 is 39.2 Å².